The van der Waals surface area contributed by atoms with Gasteiger partial charge in [-0.05, 0) is 63.3 Å². The van der Waals surface area contributed by atoms with Gasteiger partial charge < -0.3 is 15.4 Å². The van der Waals surface area contributed by atoms with E-state index in [1.54, 1.807) is 0 Å². The van der Waals surface area contributed by atoms with Gasteiger partial charge in [-0.3, -0.25) is 15.2 Å². The molecule has 2 aromatic carbocycles. The molecule has 12 heteroatoms. The lowest BCUT2D eigenvalue weighted by Crippen LogP contribution is -2.55. The van der Waals surface area contributed by atoms with Crippen LogP contribution in [0.2, 0.25) is 0 Å². The van der Waals surface area contributed by atoms with Crippen LogP contribution in [0.3, 0.4) is 0 Å². The molecule has 2 aromatic rings. The molecule has 3 N–H and O–H groups in total. The Morgan fingerprint density at radius 1 is 1.18 bits per heavy atom. The monoisotopic (exact) mass is 528 g/mol. The molecule has 9 nitrogen and oxygen atoms in total. The average Bonchev–Trinajstić information content (AvgIpc) is 2.85. The number of nitrogens with one attached hydrogen (secondary N) is 1. The van der Waals surface area contributed by atoms with E-state index in [0.29, 0.717) is 24.1 Å². The molecule has 0 bridgehead atoms. The van der Waals surface area contributed by atoms with Gasteiger partial charge in [0.2, 0.25) is 5.96 Å². The molecule has 1 heterocycles. The number of primary amides is 1. The first kappa shape index (κ1) is 28.2. The number of benzene rings is 2. The fourth-order valence-electron chi connectivity index (χ4n) is 4.14. The van der Waals surface area contributed by atoms with Crippen molar-refractivity contribution in [2.45, 2.75) is 25.6 Å². The molecule has 0 radical (unpaired) electrons. The van der Waals surface area contributed by atoms with Gasteiger partial charge >= 0.3 is 18.2 Å². The summed E-state index contributed by atoms with van der Waals surface area (Å²) >= 11 is 0. The first-order valence-electron chi connectivity index (χ1n) is 11.5. The molecule has 1 unspecified atom stereocenters. The quantitative estimate of drug-likeness (QED) is 0.409. The highest BCUT2D eigenvalue weighted by atomic mass is 19.4. The van der Waals surface area contributed by atoms with E-state index in [9.17, 15) is 22.8 Å². The van der Waals surface area contributed by atoms with Gasteiger partial charge in [0.05, 0.1) is 29.4 Å². The number of amides is 2. The SMILES string of the molecule is CC1=C(C(=O)OCCCN(C)C)C(c2ccc(C#N)cc2)N(C(N)=O)C(=N)N1c1cccc(C(F)(F)F)c1. The van der Waals surface area contributed by atoms with Crippen molar-refractivity contribution in [3.8, 4) is 6.07 Å². The summed E-state index contributed by atoms with van der Waals surface area (Å²) in [6, 6.07) is 9.83. The van der Waals surface area contributed by atoms with E-state index in [1.807, 2.05) is 25.1 Å². The fourth-order valence-corrected chi connectivity index (χ4v) is 4.14. The highest BCUT2D eigenvalue weighted by Crippen LogP contribution is 2.41. The second-order valence-electron chi connectivity index (χ2n) is 8.84. The first-order chi connectivity index (χ1) is 17.9. The highest BCUT2D eigenvalue weighted by molar-refractivity contribution is 6.10. The molecule has 3 rings (SSSR count). The number of rotatable bonds is 7. The molecule has 38 heavy (non-hydrogen) atoms. The summed E-state index contributed by atoms with van der Waals surface area (Å²) < 4.78 is 45.8. The first-order valence-corrected chi connectivity index (χ1v) is 11.5. The number of urea groups is 1. The van der Waals surface area contributed by atoms with Crippen LogP contribution in [0.1, 0.15) is 36.1 Å². The van der Waals surface area contributed by atoms with E-state index >= 15 is 0 Å². The van der Waals surface area contributed by atoms with Crippen molar-refractivity contribution in [3.63, 3.8) is 0 Å². The van der Waals surface area contributed by atoms with Crippen LogP contribution >= 0.6 is 0 Å². The molecule has 0 saturated heterocycles. The lowest BCUT2D eigenvalue weighted by Gasteiger charge is -2.43. The Morgan fingerprint density at radius 3 is 2.39 bits per heavy atom. The standard InChI is InChI=1S/C26H27F3N6O3/c1-16-21(23(36)38-13-5-12-33(2)3)22(18-10-8-17(15-30)9-11-18)35(25(32)37)24(31)34(16)20-7-4-6-19(14-20)26(27,28)29/h4,6-11,14,22,31H,5,12-13H2,1-3H3,(H2,32,37). The number of nitrogens with zero attached hydrogens (tertiary/aromatic N) is 4. The zero-order valence-electron chi connectivity index (χ0n) is 21.0. The maximum atomic E-state index is 13.4. The molecule has 0 aromatic heterocycles. The predicted octanol–water partition coefficient (Wildman–Crippen LogP) is 4.22. The van der Waals surface area contributed by atoms with Gasteiger partial charge in [-0.25, -0.2) is 9.59 Å². The predicted molar refractivity (Wildman–Crippen MR) is 134 cm³/mol. The van der Waals surface area contributed by atoms with Gasteiger partial charge in [0.1, 0.15) is 6.04 Å². The van der Waals surface area contributed by atoms with Gasteiger partial charge in [-0.15, -0.1) is 0 Å². The second-order valence-corrected chi connectivity index (χ2v) is 8.84. The number of ether oxygens (including phenoxy) is 1. The van der Waals surface area contributed by atoms with E-state index in [-0.39, 0.29) is 23.6 Å². The number of alkyl halides is 3. The van der Waals surface area contributed by atoms with E-state index < -0.39 is 35.7 Å². The molecule has 0 aliphatic carbocycles. The second kappa shape index (κ2) is 11.4. The van der Waals surface area contributed by atoms with Crippen molar-refractivity contribution in [2.24, 2.45) is 5.73 Å². The normalized spacial score (nSPS) is 16.1. The van der Waals surface area contributed by atoms with Crippen molar-refractivity contribution in [3.05, 3.63) is 76.5 Å². The topological polar surface area (TPSA) is 127 Å². The summed E-state index contributed by atoms with van der Waals surface area (Å²) in [5.74, 6) is -1.36. The molecular formula is C26H27F3N6O3. The van der Waals surface area contributed by atoms with Crippen LogP contribution in [-0.4, -0.2) is 55.0 Å². The number of allylic oxidation sites excluding steroid dienone is 1. The molecule has 1 aliphatic heterocycles. The molecule has 1 aliphatic rings. The Balaban J connectivity index is 2.19. The minimum Gasteiger partial charge on any atom is -0.462 e. The van der Waals surface area contributed by atoms with Gasteiger partial charge in [0, 0.05) is 17.9 Å². The van der Waals surface area contributed by atoms with Crippen molar-refractivity contribution in [1.82, 2.24) is 9.80 Å². The minimum absolute atomic E-state index is 0.0471. The number of esters is 1. The molecule has 1 atom stereocenters. The summed E-state index contributed by atoms with van der Waals surface area (Å²) in [4.78, 5) is 29.9. The Bertz CT molecular complexity index is 1300. The van der Waals surface area contributed by atoms with Crippen LogP contribution in [0, 0.1) is 16.7 Å². The fraction of sp³-hybridized carbons (Fsp3) is 0.308. The van der Waals surface area contributed by atoms with Crippen molar-refractivity contribution < 1.29 is 27.5 Å². The van der Waals surface area contributed by atoms with Crippen LogP contribution in [0.4, 0.5) is 23.7 Å². The average molecular weight is 529 g/mol. The Hall–Kier alpha value is -4.37. The van der Waals surface area contributed by atoms with E-state index in [0.717, 1.165) is 21.9 Å². The smallest absolute Gasteiger partial charge is 0.416 e. The third-order valence-electron chi connectivity index (χ3n) is 5.92. The number of guanidine groups is 1. The van der Waals surface area contributed by atoms with Gasteiger partial charge in [0.25, 0.3) is 0 Å². The number of carbonyl (C=O) groups is 2. The lowest BCUT2D eigenvalue weighted by molar-refractivity contribution is -0.140. The van der Waals surface area contributed by atoms with E-state index in [1.165, 1.54) is 43.3 Å². The largest absolute Gasteiger partial charge is 0.462 e. The number of nitrogens with two attached hydrogens (primary N) is 1. The Kier molecular flexibility index (Phi) is 8.42. The number of hydrogen-bond acceptors (Lipinski definition) is 6. The lowest BCUT2D eigenvalue weighted by atomic mass is 9.92. The maximum absolute atomic E-state index is 13.4. The van der Waals surface area contributed by atoms with E-state index in [4.69, 9.17) is 21.1 Å². The summed E-state index contributed by atoms with van der Waals surface area (Å²) in [5.41, 5.74) is 5.29. The zero-order valence-corrected chi connectivity index (χ0v) is 21.0. The van der Waals surface area contributed by atoms with Gasteiger partial charge in [-0.1, -0.05) is 18.2 Å². The maximum Gasteiger partial charge on any atom is 0.416 e. The number of nitriles is 1. The number of hydrogen-bond donors (Lipinski definition) is 2. The zero-order chi connectivity index (χ0) is 28.2. The third kappa shape index (κ3) is 5.95. The summed E-state index contributed by atoms with van der Waals surface area (Å²) in [7, 11) is 3.72. The minimum atomic E-state index is -4.66. The summed E-state index contributed by atoms with van der Waals surface area (Å²) in [5, 5.41) is 17.9. The van der Waals surface area contributed by atoms with Crippen LogP contribution in [0.5, 0.6) is 0 Å². The molecule has 0 fully saturated rings. The van der Waals surface area contributed by atoms with E-state index in [2.05, 4.69) is 0 Å². The van der Waals surface area contributed by atoms with Gasteiger partial charge in [0.15, 0.2) is 0 Å². The van der Waals surface area contributed by atoms with Crippen molar-refractivity contribution >= 4 is 23.6 Å². The van der Waals surface area contributed by atoms with Crippen LogP contribution in [0.25, 0.3) is 0 Å². The Morgan fingerprint density at radius 2 is 1.84 bits per heavy atom. The molecule has 0 spiro atoms. The molecular weight excluding hydrogens is 501 g/mol. The Labute approximate surface area is 218 Å². The highest BCUT2D eigenvalue weighted by Gasteiger charge is 2.44. The van der Waals surface area contributed by atoms with Crippen LogP contribution < -0.4 is 10.6 Å². The molecule has 200 valence electrons. The number of halogens is 3. The molecule has 2 amide bonds. The summed E-state index contributed by atoms with van der Waals surface area (Å²) in [6.45, 7) is 2.14. The van der Waals surface area contributed by atoms with Crippen LogP contribution in [0.15, 0.2) is 59.8 Å². The number of anilines is 1. The third-order valence-corrected chi connectivity index (χ3v) is 5.92. The number of carbonyl (C=O) groups excluding carboxylic acids is 2. The molecule has 0 saturated carbocycles. The van der Waals surface area contributed by atoms with Gasteiger partial charge in [-0.2, -0.15) is 18.4 Å². The van der Waals surface area contributed by atoms with Crippen LogP contribution in [-0.2, 0) is 15.7 Å². The van der Waals surface area contributed by atoms with Crippen molar-refractivity contribution in [2.75, 3.05) is 32.1 Å². The summed E-state index contributed by atoms with van der Waals surface area (Å²) in [6.07, 6.45) is -4.15. The van der Waals surface area contributed by atoms with Crippen molar-refractivity contribution in [1.29, 1.82) is 10.7 Å².